The summed E-state index contributed by atoms with van der Waals surface area (Å²) in [6.07, 6.45) is 7.07. The van der Waals surface area contributed by atoms with Crippen LogP contribution < -0.4 is 23.7 Å². The molecule has 2 aromatic heterocycles. The number of aromatic hydroxyl groups is 3. The van der Waals surface area contributed by atoms with Gasteiger partial charge in [0.25, 0.3) is 0 Å². The first-order valence-electron chi connectivity index (χ1n) is 16.8. The molecule has 0 fully saturated rings. The lowest BCUT2D eigenvalue weighted by Crippen LogP contribution is -2.00. The summed E-state index contributed by atoms with van der Waals surface area (Å²) in [5, 5.41) is 56.0. The molecule has 3 N–H and O–H groups in total. The van der Waals surface area contributed by atoms with Crippen molar-refractivity contribution in [1.82, 2.24) is 9.97 Å². The topological polar surface area (TPSA) is 219 Å². The zero-order valence-electron chi connectivity index (χ0n) is 31.4. The van der Waals surface area contributed by atoms with Crippen LogP contribution in [0.1, 0.15) is 36.1 Å². The van der Waals surface area contributed by atoms with E-state index in [9.17, 15) is 35.5 Å². The Kier molecular flexibility index (Phi) is 15.7. The molecule has 6 aromatic rings. The van der Waals surface area contributed by atoms with Gasteiger partial charge in [-0.2, -0.15) is 0 Å². The molecular weight excluding hydrogens is 787 g/mol. The molecule has 0 bridgehead atoms. The predicted molar refractivity (Wildman–Crippen MR) is 217 cm³/mol. The predicted octanol–water partition coefficient (Wildman–Crippen LogP) is 8.25. The first kappa shape index (κ1) is 44.9. The van der Waals surface area contributed by atoms with E-state index >= 15 is 0 Å². The molecule has 2 heterocycles. The number of hydrogen-bond acceptors (Lipinski definition) is 14. The normalized spacial score (nSPS) is 10.3. The van der Waals surface area contributed by atoms with E-state index in [1.165, 1.54) is 45.7 Å². The van der Waals surface area contributed by atoms with Gasteiger partial charge >= 0.3 is 11.4 Å². The number of aromatic nitrogens is 2. The third-order valence-corrected chi connectivity index (χ3v) is 8.56. The van der Waals surface area contributed by atoms with Gasteiger partial charge in [-0.3, -0.25) is 30.2 Å². The fourth-order valence-electron chi connectivity index (χ4n) is 6.09. The number of halogens is 2. The van der Waals surface area contributed by atoms with Crippen molar-refractivity contribution in [3.8, 4) is 46.0 Å². The van der Waals surface area contributed by atoms with Crippen LogP contribution in [-0.4, -0.2) is 69.7 Å². The largest absolute Gasteiger partial charge is 0.504 e. The van der Waals surface area contributed by atoms with E-state index in [0.29, 0.717) is 59.5 Å². The molecule has 6 rings (SSSR count). The minimum absolute atomic E-state index is 0. The summed E-state index contributed by atoms with van der Waals surface area (Å²) in [5.74, 6) is 0.634. The number of pyridine rings is 2. The summed E-state index contributed by atoms with van der Waals surface area (Å²) in [6.45, 7) is 4.51. The summed E-state index contributed by atoms with van der Waals surface area (Å²) in [4.78, 5) is 29.8. The fraction of sp³-hybridized carbons (Fsp3) is 0.231. The molecule has 0 atom stereocenters. The van der Waals surface area contributed by atoms with Crippen LogP contribution in [0.4, 0.5) is 11.4 Å². The van der Waals surface area contributed by atoms with Crippen LogP contribution >= 0.6 is 24.8 Å². The number of methoxy groups -OCH3 is 3. The van der Waals surface area contributed by atoms with E-state index < -0.39 is 21.3 Å². The molecule has 0 saturated carbocycles. The molecule has 18 heteroatoms. The summed E-state index contributed by atoms with van der Waals surface area (Å²) in [6, 6.07) is 13.0. The number of nitro groups is 2. The summed E-state index contributed by atoms with van der Waals surface area (Å²) >= 11 is 0. The molecule has 0 unspecified atom stereocenters. The van der Waals surface area contributed by atoms with Crippen LogP contribution in [0.25, 0.3) is 21.5 Å². The minimum atomic E-state index is -0.664. The van der Waals surface area contributed by atoms with Gasteiger partial charge in [0.05, 0.1) is 44.4 Å². The number of benzene rings is 4. The van der Waals surface area contributed by atoms with Crippen molar-refractivity contribution >= 4 is 57.7 Å². The minimum Gasteiger partial charge on any atom is -0.504 e. The molecule has 302 valence electrons. The Hall–Kier alpha value is -6.52. The average Bonchev–Trinajstić information content (AvgIpc) is 3.18. The van der Waals surface area contributed by atoms with E-state index in [0.717, 1.165) is 21.9 Å². The molecule has 0 radical (unpaired) electrons. The van der Waals surface area contributed by atoms with Gasteiger partial charge in [-0.15, -0.1) is 24.8 Å². The van der Waals surface area contributed by atoms with Gasteiger partial charge in [0.1, 0.15) is 0 Å². The van der Waals surface area contributed by atoms with Crippen molar-refractivity contribution in [2.24, 2.45) is 0 Å². The molecule has 0 saturated heterocycles. The highest BCUT2D eigenvalue weighted by molar-refractivity contribution is 5.93. The zero-order chi connectivity index (χ0) is 39.8. The molecule has 4 aromatic carbocycles. The maximum absolute atomic E-state index is 11.4. The smallest absolute Gasteiger partial charge is 0.315 e. The highest BCUT2D eigenvalue weighted by Crippen LogP contribution is 2.41. The van der Waals surface area contributed by atoms with Crippen LogP contribution in [-0.2, 0) is 12.8 Å². The maximum atomic E-state index is 11.4. The summed E-state index contributed by atoms with van der Waals surface area (Å²) in [7, 11) is 4.12. The Morgan fingerprint density at radius 3 is 1.40 bits per heavy atom. The lowest BCUT2D eigenvalue weighted by atomic mass is 9.99. The van der Waals surface area contributed by atoms with Gasteiger partial charge in [-0.1, -0.05) is 12.1 Å². The van der Waals surface area contributed by atoms with Crippen molar-refractivity contribution in [1.29, 1.82) is 0 Å². The number of phenolic OH excluding ortho intramolecular Hbond substituents is 3. The molecule has 0 aliphatic carbocycles. The SMILES string of the molecule is CCOc1ccc2c(Cc3cc(OC)c(O)c([N+](=O)[O-])c3)cncc2c1O.CCOc1ccc2c(Cc3cc(OC)c(OC)c([N+](=O)[O-])c3)cncc2c1O.Cl.Cl. The number of ether oxygens (including phenoxy) is 5. The van der Waals surface area contributed by atoms with Crippen LogP contribution in [0.5, 0.6) is 46.0 Å². The Bertz CT molecular complexity index is 2400. The van der Waals surface area contributed by atoms with Gasteiger partial charge in [0.15, 0.2) is 34.5 Å². The van der Waals surface area contributed by atoms with Gasteiger partial charge in [0.2, 0.25) is 11.5 Å². The van der Waals surface area contributed by atoms with Crippen LogP contribution in [0.2, 0.25) is 0 Å². The van der Waals surface area contributed by atoms with Gasteiger partial charge < -0.3 is 39.0 Å². The van der Waals surface area contributed by atoms with Crippen molar-refractivity contribution in [2.45, 2.75) is 26.7 Å². The Morgan fingerprint density at radius 2 is 1.00 bits per heavy atom. The van der Waals surface area contributed by atoms with Crippen molar-refractivity contribution in [2.75, 3.05) is 34.5 Å². The Morgan fingerprint density at radius 1 is 0.561 bits per heavy atom. The Balaban J connectivity index is 0.000000295. The second kappa shape index (κ2) is 19.9. The second-order valence-corrected chi connectivity index (χ2v) is 11.9. The van der Waals surface area contributed by atoms with Crippen molar-refractivity contribution < 1.29 is 48.9 Å². The first-order chi connectivity index (χ1) is 26.4. The molecular formula is C39H40Cl2N4O12. The van der Waals surface area contributed by atoms with E-state index in [-0.39, 0.29) is 59.2 Å². The molecule has 0 aliphatic rings. The average molecular weight is 828 g/mol. The van der Waals surface area contributed by atoms with Crippen molar-refractivity contribution in [3.05, 3.63) is 116 Å². The molecule has 0 spiro atoms. The molecule has 0 aliphatic heterocycles. The zero-order valence-corrected chi connectivity index (χ0v) is 33.0. The van der Waals surface area contributed by atoms with Gasteiger partial charge in [-0.25, -0.2) is 0 Å². The van der Waals surface area contributed by atoms with Crippen LogP contribution in [0.3, 0.4) is 0 Å². The monoisotopic (exact) mass is 826 g/mol. The quantitative estimate of drug-likeness (QED) is 0.0738. The third kappa shape index (κ3) is 9.66. The molecule has 0 amide bonds. The van der Waals surface area contributed by atoms with E-state index in [4.69, 9.17) is 23.7 Å². The fourth-order valence-corrected chi connectivity index (χ4v) is 6.09. The van der Waals surface area contributed by atoms with E-state index in [2.05, 4.69) is 9.97 Å². The maximum Gasteiger partial charge on any atom is 0.315 e. The van der Waals surface area contributed by atoms with E-state index in [1.807, 2.05) is 26.0 Å². The van der Waals surface area contributed by atoms with Gasteiger partial charge in [-0.05, 0) is 84.0 Å². The highest BCUT2D eigenvalue weighted by Gasteiger charge is 2.23. The summed E-state index contributed by atoms with van der Waals surface area (Å²) < 4.78 is 26.2. The second-order valence-electron chi connectivity index (χ2n) is 11.9. The van der Waals surface area contributed by atoms with Crippen molar-refractivity contribution in [3.63, 3.8) is 0 Å². The third-order valence-electron chi connectivity index (χ3n) is 8.56. The van der Waals surface area contributed by atoms with E-state index in [1.54, 1.807) is 36.8 Å². The molecule has 57 heavy (non-hydrogen) atoms. The molecule has 16 nitrogen and oxygen atoms in total. The lowest BCUT2D eigenvalue weighted by Gasteiger charge is -2.13. The lowest BCUT2D eigenvalue weighted by molar-refractivity contribution is -0.386. The number of phenols is 3. The first-order valence-corrected chi connectivity index (χ1v) is 16.8. The number of nitro benzene ring substituents is 2. The number of fused-ring (bicyclic) bond motifs is 2. The standard InChI is InChI=1S/C20H20N2O6.C19H18N2O6.2ClH/c1-4-28-17-6-5-14-13(10-21-11-15(14)19(17)23)7-12-8-16(22(24)25)20(27-3)18(9-12)26-2;1-3-27-16-5-4-13-12(9-20-10-14(13)18(16)22)6-11-7-15(21(24)25)19(23)17(8-11)26-2;;/h5-6,8-11,23H,4,7H2,1-3H3;4-5,7-10,22-23H,3,6H2,1-2H3;2*1H. The van der Waals surface area contributed by atoms with Crippen LogP contribution in [0.15, 0.2) is 73.3 Å². The Labute approximate surface area is 338 Å². The van der Waals surface area contributed by atoms with Crippen LogP contribution in [0, 0.1) is 20.2 Å². The highest BCUT2D eigenvalue weighted by atomic mass is 35.5. The summed E-state index contributed by atoms with van der Waals surface area (Å²) in [5.41, 5.74) is 2.18. The number of hydrogen-bond donors (Lipinski definition) is 3. The van der Waals surface area contributed by atoms with Gasteiger partial charge in [0, 0.05) is 47.7 Å². The number of rotatable bonds is 13. The number of nitrogens with zero attached hydrogens (tertiary/aromatic N) is 4.